The third kappa shape index (κ3) is 5.74. The molecule has 0 unspecified atom stereocenters. The minimum absolute atomic E-state index is 0.642. The van der Waals surface area contributed by atoms with Gasteiger partial charge >= 0.3 is 0 Å². The lowest BCUT2D eigenvalue weighted by molar-refractivity contribution is 1.07. The van der Waals surface area contributed by atoms with E-state index in [4.69, 9.17) is 15.0 Å². The molecular formula is C40H29N3. The van der Waals surface area contributed by atoms with Crippen molar-refractivity contribution < 1.29 is 0 Å². The molecule has 204 valence electrons. The van der Waals surface area contributed by atoms with Crippen molar-refractivity contribution in [2.24, 2.45) is 0 Å². The van der Waals surface area contributed by atoms with Crippen LogP contribution >= 0.6 is 0 Å². The monoisotopic (exact) mass is 551 g/mol. The molecule has 0 radical (unpaired) electrons. The average Bonchev–Trinajstić information content (AvgIpc) is 3.09. The van der Waals surface area contributed by atoms with Crippen molar-refractivity contribution in [3.8, 4) is 67.5 Å². The predicted octanol–water partition coefficient (Wildman–Crippen LogP) is 10.2. The fraction of sp³-hybridized carbons (Fsp3) is 0.0250. The van der Waals surface area contributed by atoms with Crippen LogP contribution in [0.2, 0.25) is 0 Å². The van der Waals surface area contributed by atoms with Gasteiger partial charge in [0.25, 0.3) is 0 Å². The number of hydrogen-bond acceptors (Lipinski definition) is 3. The Morgan fingerprint density at radius 3 is 1.02 bits per heavy atom. The molecule has 1 aromatic heterocycles. The van der Waals surface area contributed by atoms with Crippen molar-refractivity contribution in [2.75, 3.05) is 0 Å². The summed E-state index contributed by atoms with van der Waals surface area (Å²) < 4.78 is 0. The summed E-state index contributed by atoms with van der Waals surface area (Å²) in [6.45, 7) is 2.11. The van der Waals surface area contributed by atoms with Crippen LogP contribution in [0.4, 0.5) is 0 Å². The molecule has 43 heavy (non-hydrogen) atoms. The first-order valence-electron chi connectivity index (χ1n) is 14.4. The van der Waals surface area contributed by atoms with Crippen molar-refractivity contribution in [1.82, 2.24) is 15.0 Å². The number of rotatable bonds is 6. The summed E-state index contributed by atoms with van der Waals surface area (Å²) in [6, 6.07) is 54.7. The van der Waals surface area contributed by atoms with Gasteiger partial charge in [-0.15, -0.1) is 0 Å². The number of benzene rings is 6. The van der Waals surface area contributed by atoms with Gasteiger partial charge in [-0.05, 0) is 58.5 Å². The van der Waals surface area contributed by atoms with Crippen molar-refractivity contribution in [1.29, 1.82) is 0 Å². The fourth-order valence-electron chi connectivity index (χ4n) is 5.26. The van der Waals surface area contributed by atoms with Gasteiger partial charge in [-0.2, -0.15) is 0 Å². The summed E-state index contributed by atoms with van der Waals surface area (Å²) >= 11 is 0. The molecule has 0 saturated carbocycles. The van der Waals surface area contributed by atoms with Crippen LogP contribution in [0, 0.1) is 6.92 Å². The maximum atomic E-state index is 5.01. The topological polar surface area (TPSA) is 38.7 Å². The zero-order valence-corrected chi connectivity index (χ0v) is 23.9. The molecular weight excluding hydrogens is 522 g/mol. The quantitative estimate of drug-likeness (QED) is 0.206. The van der Waals surface area contributed by atoms with Crippen LogP contribution in [0.15, 0.2) is 158 Å². The van der Waals surface area contributed by atoms with Crippen LogP contribution in [0.3, 0.4) is 0 Å². The molecule has 7 aromatic rings. The molecule has 0 aliphatic heterocycles. The molecule has 6 aromatic carbocycles. The third-order valence-corrected chi connectivity index (χ3v) is 7.60. The van der Waals surface area contributed by atoms with Gasteiger partial charge in [0.1, 0.15) is 0 Å². The Morgan fingerprint density at radius 2 is 0.581 bits per heavy atom. The highest BCUT2D eigenvalue weighted by atomic mass is 15.0. The van der Waals surface area contributed by atoms with Crippen molar-refractivity contribution >= 4 is 0 Å². The first kappa shape index (κ1) is 26.2. The second kappa shape index (κ2) is 11.7. The Kier molecular flexibility index (Phi) is 7.12. The molecule has 3 nitrogen and oxygen atoms in total. The lowest BCUT2D eigenvalue weighted by Crippen LogP contribution is -2.00. The summed E-state index contributed by atoms with van der Waals surface area (Å²) in [7, 11) is 0. The lowest BCUT2D eigenvalue weighted by atomic mass is 9.94. The molecule has 0 aliphatic carbocycles. The lowest BCUT2D eigenvalue weighted by Gasteiger charge is -2.13. The molecule has 0 saturated heterocycles. The predicted molar refractivity (Wildman–Crippen MR) is 177 cm³/mol. The summed E-state index contributed by atoms with van der Waals surface area (Å²) in [5.74, 6) is 1.95. The van der Waals surface area contributed by atoms with Gasteiger partial charge in [0, 0.05) is 16.7 Å². The van der Waals surface area contributed by atoms with Crippen LogP contribution in [0.25, 0.3) is 67.5 Å². The van der Waals surface area contributed by atoms with Crippen LogP contribution < -0.4 is 0 Å². The minimum atomic E-state index is 0.642. The first-order chi connectivity index (χ1) is 21.2. The summed E-state index contributed by atoms with van der Waals surface area (Å²) in [5.41, 5.74) is 11.0. The van der Waals surface area contributed by atoms with Gasteiger partial charge in [-0.1, -0.05) is 145 Å². The largest absolute Gasteiger partial charge is 0.208 e. The molecule has 1 heterocycles. The average molecular weight is 552 g/mol. The molecule has 0 atom stereocenters. The van der Waals surface area contributed by atoms with Crippen molar-refractivity contribution in [3.05, 3.63) is 163 Å². The molecule has 0 fully saturated rings. The van der Waals surface area contributed by atoms with E-state index in [0.717, 1.165) is 38.9 Å². The van der Waals surface area contributed by atoms with Crippen LogP contribution in [-0.4, -0.2) is 15.0 Å². The van der Waals surface area contributed by atoms with Gasteiger partial charge in [0.05, 0.1) is 0 Å². The maximum absolute atomic E-state index is 5.01. The Morgan fingerprint density at radius 1 is 0.279 bits per heavy atom. The minimum Gasteiger partial charge on any atom is -0.208 e. The standard InChI is InChI=1S/C40H29N3/c1-28-17-19-31(20-18-28)35-25-36(32-23-21-30(22-24-32)29-11-5-2-6-12-29)27-37(26-35)40-42-38(33-13-7-3-8-14-33)41-39(43-40)34-15-9-4-10-16-34/h2-27H,1H3. The van der Waals surface area contributed by atoms with Gasteiger partial charge in [0.15, 0.2) is 17.5 Å². The van der Waals surface area contributed by atoms with E-state index in [0.29, 0.717) is 17.5 Å². The van der Waals surface area contributed by atoms with Crippen LogP contribution in [0.1, 0.15) is 5.56 Å². The second-order valence-electron chi connectivity index (χ2n) is 10.6. The third-order valence-electron chi connectivity index (χ3n) is 7.60. The zero-order chi connectivity index (χ0) is 29.0. The van der Waals surface area contributed by atoms with Crippen molar-refractivity contribution in [2.45, 2.75) is 6.92 Å². The van der Waals surface area contributed by atoms with Crippen LogP contribution in [0.5, 0.6) is 0 Å². The maximum Gasteiger partial charge on any atom is 0.164 e. The smallest absolute Gasteiger partial charge is 0.164 e. The molecule has 3 heteroatoms. The van der Waals surface area contributed by atoms with Gasteiger partial charge in [-0.25, -0.2) is 15.0 Å². The summed E-state index contributed by atoms with van der Waals surface area (Å²) in [5, 5.41) is 0. The molecule has 0 bridgehead atoms. The van der Waals surface area contributed by atoms with E-state index in [1.165, 1.54) is 16.7 Å². The molecule has 0 spiro atoms. The van der Waals surface area contributed by atoms with E-state index in [-0.39, 0.29) is 0 Å². The van der Waals surface area contributed by atoms with Gasteiger partial charge in [0.2, 0.25) is 0 Å². The molecule has 0 N–H and O–H groups in total. The SMILES string of the molecule is Cc1ccc(-c2cc(-c3ccc(-c4ccccc4)cc3)cc(-c3nc(-c4ccccc4)nc(-c4ccccc4)n3)c2)cc1. The molecule has 0 amide bonds. The van der Waals surface area contributed by atoms with E-state index < -0.39 is 0 Å². The fourth-order valence-corrected chi connectivity index (χ4v) is 5.26. The van der Waals surface area contributed by atoms with E-state index in [1.807, 2.05) is 66.7 Å². The van der Waals surface area contributed by atoms with Crippen LogP contribution in [-0.2, 0) is 0 Å². The Balaban J connectivity index is 1.40. The number of nitrogens with zero attached hydrogens (tertiary/aromatic N) is 3. The van der Waals surface area contributed by atoms with Gasteiger partial charge in [-0.3, -0.25) is 0 Å². The van der Waals surface area contributed by atoms with Crippen molar-refractivity contribution in [3.63, 3.8) is 0 Å². The summed E-state index contributed by atoms with van der Waals surface area (Å²) in [4.78, 5) is 14.9. The highest BCUT2D eigenvalue weighted by molar-refractivity contribution is 5.81. The Hall–Kier alpha value is -5.67. The number of aromatic nitrogens is 3. The van der Waals surface area contributed by atoms with E-state index in [2.05, 4.69) is 97.9 Å². The molecule has 7 rings (SSSR count). The van der Waals surface area contributed by atoms with Gasteiger partial charge < -0.3 is 0 Å². The normalized spacial score (nSPS) is 10.9. The second-order valence-corrected chi connectivity index (χ2v) is 10.6. The highest BCUT2D eigenvalue weighted by Gasteiger charge is 2.15. The molecule has 0 aliphatic rings. The van der Waals surface area contributed by atoms with E-state index in [1.54, 1.807) is 0 Å². The first-order valence-corrected chi connectivity index (χ1v) is 14.4. The zero-order valence-electron chi connectivity index (χ0n) is 23.9. The number of aryl methyl sites for hydroxylation is 1. The summed E-state index contributed by atoms with van der Waals surface area (Å²) in [6.07, 6.45) is 0. The van der Waals surface area contributed by atoms with E-state index in [9.17, 15) is 0 Å². The highest BCUT2D eigenvalue weighted by Crippen LogP contribution is 2.34. The Labute approximate surface area is 252 Å². The van der Waals surface area contributed by atoms with E-state index >= 15 is 0 Å². The number of hydrogen-bond donors (Lipinski definition) is 0. The Bertz CT molecular complexity index is 1930.